The summed E-state index contributed by atoms with van der Waals surface area (Å²) in [6.45, 7) is 6.46. The summed E-state index contributed by atoms with van der Waals surface area (Å²) < 4.78 is 5.33. The lowest BCUT2D eigenvalue weighted by atomic mass is 9.77. The molecular weight excluding hydrogens is 320 g/mol. The van der Waals surface area contributed by atoms with Crippen LogP contribution in [0.3, 0.4) is 0 Å². The van der Waals surface area contributed by atoms with Gasteiger partial charge in [-0.1, -0.05) is 26.7 Å². The Morgan fingerprint density at radius 1 is 1.20 bits per heavy atom. The van der Waals surface area contributed by atoms with Gasteiger partial charge in [-0.3, -0.25) is 14.4 Å². The highest BCUT2D eigenvalue weighted by molar-refractivity contribution is 5.89. The van der Waals surface area contributed by atoms with Crippen LogP contribution in [0, 0.1) is 17.8 Å². The number of ether oxygens (including phenoxy) is 1. The highest BCUT2D eigenvalue weighted by Crippen LogP contribution is 2.36. The summed E-state index contributed by atoms with van der Waals surface area (Å²) in [5.74, 6) is -0.0203. The number of nitrogens with one attached hydrogen (secondary N) is 1. The van der Waals surface area contributed by atoms with Gasteiger partial charge in [0.25, 0.3) is 5.91 Å². The van der Waals surface area contributed by atoms with Crippen molar-refractivity contribution < 1.29 is 19.1 Å². The molecule has 5 atom stereocenters. The average Bonchev–Trinajstić information content (AvgIpc) is 3.29. The third-order valence-corrected chi connectivity index (χ3v) is 6.14. The summed E-state index contributed by atoms with van der Waals surface area (Å²) in [7, 11) is 0. The molecule has 2 aliphatic carbocycles. The third kappa shape index (κ3) is 4.15. The molecule has 1 N–H and O–H groups in total. The van der Waals surface area contributed by atoms with Crippen molar-refractivity contribution in [1.82, 2.24) is 10.2 Å². The van der Waals surface area contributed by atoms with Gasteiger partial charge in [-0.25, -0.2) is 0 Å². The van der Waals surface area contributed by atoms with Crippen LogP contribution < -0.4 is 5.32 Å². The molecule has 6 nitrogen and oxygen atoms in total. The van der Waals surface area contributed by atoms with Gasteiger partial charge in [0.1, 0.15) is 0 Å². The van der Waals surface area contributed by atoms with Crippen molar-refractivity contribution in [3.05, 3.63) is 0 Å². The Kier molecular flexibility index (Phi) is 5.35. The number of rotatable bonds is 5. The van der Waals surface area contributed by atoms with Crippen LogP contribution in [-0.2, 0) is 19.1 Å². The molecule has 0 aromatic rings. The van der Waals surface area contributed by atoms with E-state index in [1.807, 2.05) is 4.90 Å². The Morgan fingerprint density at radius 2 is 1.92 bits per heavy atom. The second-order valence-electron chi connectivity index (χ2n) is 8.14. The second-order valence-corrected chi connectivity index (χ2v) is 8.14. The molecule has 0 aromatic heterocycles. The smallest absolute Gasteiger partial charge is 0.312 e. The van der Waals surface area contributed by atoms with Crippen molar-refractivity contribution >= 4 is 17.8 Å². The lowest BCUT2D eigenvalue weighted by Gasteiger charge is -2.39. The number of amides is 2. The molecule has 2 amide bonds. The van der Waals surface area contributed by atoms with Crippen LogP contribution in [0.5, 0.6) is 0 Å². The fraction of sp³-hybridized carbons (Fsp3) is 0.842. The van der Waals surface area contributed by atoms with Crippen LogP contribution in [0.1, 0.15) is 59.3 Å². The minimum Gasteiger partial charge on any atom is -0.452 e. The molecule has 0 radical (unpaired) electrons. The Labute approximate surface area is 149 Å². The number of carbonyl (C=O) groups excluding carboxylic acids is 3. The molecule has 1 saturated heterocycles. The Morgan fingerprint density at radius 3 is 2.60 bits per heavy atom. The normalized spacial score (nSPS) is 33.9. The third-order valence-electron chi connectivity index (χ3n) is 6.14. The van der Waals surface area contributed by atoms with Crippen molar-refractivity contribution in [2.75, 3.05) is 6.54 Å². The van der Waals surface area contributed by atoms with Crippen molar-refractivity contribution in [2.45, 2.75) is 77.5 Å². The Bertz CT molecular complexity index is 546. The van der Waals surface area contributed by atoms with Gasteiger partial charge in [0.2, 0.25) is 5.91 Å². The molecule has 6 heteroatoms. The molecule has 0 unspecified atom stereocenters. The SMILES string of the molecule is C[C@@H]1[C@@H](C)CCC[C@@H]1N1C[C@H](C(=O)O[C@@H](C)C(=O)NC2CC2)CC1=O. The molecule has 0 bridgehead atoms. The van der Waals surface area contributed by atoms with Gasteiger partial charge in [-0.15, -0.1) is 0 Å². The maximum Gasteiger partial charge on any atom is 0.312 e. The second kappa shape index (κ2) is 7.34. The first-order valence-electron chi connectivity index (χ1n) is 9.67. The van der Waals surface area contributed by atoms with E-state index >= 15 is 0 Å². The predicted molar refractivity (Wildman–Crippen MR) is 92.5 cm³/mol. The van der Waals surface area contributed by atoms with Gasteiger partial charge in [0.15, 0.2) is 6.10 Å². The molecule has 140 valence electrons. The fourth-order valence-electron chi connectivity index (χ4n) is 4.07. The summed E-state index contributed by atoms with van der Waals surface area (Å²) in [4.78, 5) is 38.7. The van der Waals surface area contributed by atoms with E-state index in [1.165, 1.54) is 6.42 Å². The van der Waals surface area contributed by atoms with Crippen molar-refractivity contribution in [3.63, 3.8) is 0 Å². The zero-order valence-corrected chi connectivity index (χ0v) is 15.5. The quantitative estimate of drug-likeness (QED) is 0.768. The van der Waals surface area contributed by atoms with E-state index in [-0.39, 0.29) is 30.3 Å². The monoisotopic (exact) mass is 350 g/mol. The zero-order chi connectivity index (χ0) is 18.1. The van der Waals surface area contributed by atoms with Crippen LogP contribution in [0.2, 0.25) is 0 Å². The highest BCUT2D eigenvalue weighted by Gasteiger charge is 2.42. The number of carbonyl (C=O) groups is 3. The van der Waals surface area contributed by atoms with Crippen LogP contribution in [0.4, 0.5) is 0 Å². The molecule has 1 heterocycles. The summed E-state index contributed by atoms with van der Waals surface area (Å²) >= 11 is 0. The molecule has 3 aliphatic rings. The minimum absolute atomic E-state index is 0.0444. The van der Waals surface area contributed by atoms with Crippen molar-refractivity contribution in [2.24, 2.45) is 17.8 Å². The van der Waals surface area contributed by atoms with E-state index in [2.05, 4.69) is 19.2 Å². The topological polar surface area (TPSA) is 75.7 Å². The molecule has 3 fully saturated rings. The maximum atomic E-state index is 12.5. The van der Waals surface area contributed by atoms with Crippen LogP contribution in [0.25, 0.3) is 0 Å². The van der Waals surface area contributed by atoms with E-state index in [1.54, 1.807) is 6.92 Å². The molecule has 0 spiro atoms. The van der Waals surface area contributed by atoms with Crippen molar-refractivity contribution in [3.8, 4) is 0 Å². The number of hydrogen-bond donors (Lipinski definition) is 1. The van der Waals surface area contributed by atoms with E-state index in [9.17, 15) is 14.4 Å². The molecular formula is C19H30N2O4. The van der Waals surface area contributed by atoms with Crippen molar-refractivity contribution in [1.29, 1.82) is 0 Å². The molecule has 0 aromatic carbocycles. The number of esters is 1. The van der Waals surface area contributed by atoms with Crippen LogP contribution in [0.15, 0.2) is 0 Å². The molecule has 1 aliphatic heterocycles. The summed E-state index contributed by atoms with van der Waals surface area (Å²) in [6, 6.07) is 0.469. The number of likely N-dealkylation sites (tertiary alicyclic amines) is 1. The standard InChI is InChI=1S/C19H30N2O4/c1-11-5-4-6-16(12(11)2)21-10-14(9-17(21)22)19(24)25-13(3)18(23)20-15-7-8-15/h11-16H,4-10H2,1-3H3,(H,20,23)/t11-,12+,13-,14+,16-/m0/s1. The molecule has 3 rings (SSSR count). The number of hydrogen-bond acceptors (Lipinski definition) is 4. The predicted octanol–water partition coefficient (Wildman–Crippen LogP) is 1.87. The zero-order valence-electron chi connectivity index (χ0n) is 15.5. The first-order chi connectivity index (χ1) is 11.9. The Balaban J connectivity index is 1.54. The van der Waals surface area contributed by atoms with Gasteiger partial charge >= 0.3 is 5.97 Å². The van der Waals surface area contributed by atoms with E-state index in [0.29, 0.717) is 18.4 Å². The highest BCUT2D eigenvalue weighted by atomic mass is 16.5. The van der Waals surface area contributed by atoms with E-state index < -0.39 is 18.0 Å². The van der Waals surface area contributed by atoms with Gasteiger partial charge in [0, 0.05) is 25.0 Å². The first-order valence-corrected chi connectivity index (χ1v) is 9.67. The average molecular weight is 350 g/mol. The fourth-order valence-corrected chi connectivity index (χ4v) is 4.07. The summed E-state index contributed by atoms with van der Waals surface area (Å²) in [5.41, 5.74) is 0. The van der Waals surface area contributed by atoms with E-state index in [4.69, 9.17) is 4.74 Å². The molecule has 2 saturated carbocycles. The van der Waals surface area contributed by atoms with Gasteiger partial charge in [-0.2, -0.15) is 0 Å². The van der Waals surface area contributed by atoms with E-state index in [0.717, 1.165) is 25.7 Å². The van der Waals surface area contributed by atoms with Crippen LogP contribution >= 0.6 is 0 Å². The minimum atomic E-state index is -0.800. The number of nitrogens with zero attached hydrogens (tertiary/aromatic N) is 1. The van der Waals surface area contributed by atoms with Gasteiger partial charge in [-0.05, 0) is 38.0 Å². The van der Waals surface area contributed by atoms with Crippen LogP contribution in [-0.4, -0.2) is 47.4 Å². The lowest BCUT2D eigenvalue weighted by Crippen LogP contribution is -2.45. The van der Waals surface area contributed by atoms with Gasteiger partial charge in [0.05, 0.1) is 5.92 Å². The van der Waals surface area contributed by atoms with Gasteiger partial charge < -0.3 is 15.0 Å². The largest absolute Gasteiger partial charge is 0.452 e. The Hall–Kier alpha value is -1.59. The lowest BCUT2D eigenvalue weighted by molar-refractivity contribution is -0.158. The molecule has 25 heavy (non-hydrogen) atoms. The summed E-state index contributed by atoms with van der Waals surface area (Å²) in [6.07, 6.45) is 4.75. The summed E-state index contributed by atoms with van der Waals surface area (Å²) in [5, 5.41) is 2.84. The maximum absolute atomic E-state index is 12.5. The first kappa shape index (κ1) is 18.2.